The number of fused-ring (bicyclic) bond motifs is 1. The lowest BCUT2D eigenvalue weighted by Crippen LogP contribution is -2.32. The molecule has 0 fully saturated rings. The third-order valence-corrected chi connectivity index (χ3v) is 4.00. The van der Waals surface area contributed by atoms with Gasteiger partial charge in [0.2, 0.25) is 0 Å². The molecular formula is C18H19N5O4. The Kier molecular flexibility index (Phi) is 5.74. The summed E-state index contributed by atoms with van der Waals surface area (Å²) < 4.78 is 1.37. The second-order valence-electron chi connectivity index (χ2n) is 5.91. The van der Waals surface area contributed by atoms with E-state index in [1.807, 2.05) is 30.3 Å². The second kappa shape index (κ2) is 8.39. The van der Waals surface area contributed by atoms with Crippen LogP contribution in [-0.2, 0) is 11.4 Å². The van der Waals surface area contributed by atoms with E-state index in [1.54, 1.807) is 0 Å². The highest BCUT2D eigenvalue weighted by Gasteiger charge is 2.13. The summed E-state index contributed by atoms with van der Waals surface area (Å²) in [6.45, 7) is 0.949. The molecule has 4 N–H and O–H groups in total. The molecule has 0 saturated heterocycles. The van der Waals surface area contributed by atoms with E-state index in [1.165, 1.54) is 16.8 Å². The van der Waals surface area contributed by atoms with Crippen LogP contribution in [0.5, 0.6) is 0 Å². The number of aromatic nitrogens is 3. The van der Waals surface area contributed by atoms with Crippen LogP contribution in [0.1, 0.15) is 22.3 Å². The molecule has 0 atom stereocenters. The highest BCUT2D eigenvalue weighted by atomic mass is 16.6. The molecule has 1 aromatic carbocycles. The Morgan fingerprint density at radius 2 is 2.04 bits per heavy atom. The standard InChI is InChI=1S/C18H19N5O4/c19-27-8-4-7-20-16(24)13-9-14-15(21-10-13)23(18(26)22-17(14)25)11-12-5-2-1-3-6-12/h1-3,5-6,9-10H,4,7-8,11,19H2,(H,20,24)(H,22,25,26). The van der Waals surface area contributed by atoms with Gasteiger partial charge in [-0.3, -0.25) is 19.1 Å². The number of nitrogens with zero attached hydrogens (tertiary/aromatic N) is 2. The van der Waals surface area contributed by atoms with Gasteiger partial charge < -0.3 is 10.2 Å². The van der Waals surface area contributed by atoms with Gasteiger partial charge in [-0.25, -0.2) is 15.7 Å². The molecule has 3 aromatic rings. The molecule has 3 rings (SSSR count). The number of rotatable bonds is 7. The number of nitrogens with one attached hydrogen (secondary N) is 2. The smallest absolute Gasteiger partial charge is 0.330 e. The van der Waals surface area contributed by atoms with Crippen molar-refractivity contribution in [2.45, 2.75) is 13.0 Å². The molecule has 9 nitrogen and oxygen atoms in total. The fourth-order valence-electron chi connectivity index (χ4n) is 2.66. The molecule has 1 amide bonds. The maximum Gasteiger partial charge on any atom is 0.330 e. The molecule has 0 aliphatic rings. The summed E-state index contributed by atoms with van der Waals surface area (Å²) in [6.07, 6.45) is 1.90. The third kappa shape index (κ3) is 4.27. The third-order valence-electron chi connectivity index (χ3n) is 4.00. The van der Waals surface area contributed by atoms with Crippen molar-refractivity contribution in [3.8, 4) is 0 Å². The first kappa shape index (κ1) is 18.5. The van der Waals surface area contributed by atoms with Crippen LogP contribution in [0.3, 0.4) is 0 Å². The average molecular weight is 369 g/mol. The van der Waals surface area contributed by atoms with Crippen LogP contribution in [0, 0.1) is 0 Å². The van der Waals surface area contributed by atoms with Crippen molar-refractivity contribution in [2.24, 2.45) is 5.90 Å². The lowest BCUT2D eigenvalue weighted by Gasteiger charge is -2.10. The number of nitrogens with two attached hydrogens (primary N) is 1. The number of carbonyl (C=O) groups excluding carboxylic acids is 1. The molecule has 2 aromatic heterocycles. The molecule has 0 aliphatic heterocycles. The number of aromatic amines is 1. The summed E-state index contributed by atoms with van der Waals surface area (Å²) in [5.41, 5.74) is 0.201. The minimum absolute atomic E-state index is 0.170. The molecule has 0 bridgehead atoms. The SMILES string of the molecule is NOCCCNC(=O)c1cnc2c(c1)c(=O)[nH]c(=O)n2Cc1ccccc1. The summed E-state index contributed by atoms with van der Waals surface area (Å²) in [6, 6.07) is 10.8. The van der Waals surface area contributed by atoms with E-state index in [0.717, 1.165) is 5.56 Å². The summed E-state index contributed by atoms with van der Waals surface area (Å²) in [7, 11) is 0. The molecular weight excluding hydrogens is 350 g/mol. The van der Waals surface area contributed by atoms with E-state index in [0.29, 0.717) is 19.6 Å². The quantitative estimate of drug-likeness (QED) is 0.401. The number of benzene rings is 1. The molecule has 0 radical (unpaired) electrons. The minimum Gasteiger partial charge on any atom is -0.352 e. The number of pyridine rings is 1. The van der Waals surface area contributed by atoms with Gasteiger partial charge in [-0.05, 0) is 18.1 Å². The Morgan fingerprint density at radius 3 is 2.78 bits per heavy atom. The maximum atomic E-state index is 12.2. The van der Waals surface area contributed by atoms with Crippen molar-refractivity contribution in [3.63, 3.8) is 0 Å². The van der Waals surface area contributed by atoms with Crippen LogP contribution in [0.2, 0.25) is 0 Å². The van der Waals surface area contributed by atoms with Crippen LogP contribution in [0.25, 0.3) is 11.0 Å². The summed E-state index contributed by atoms with van der Waals surface area (Å²) in [5.74, 6) is 4.55. The van der Waals surface area contributed by atoms with Crippen molar-refractivity contribution in [1.82, 2.24) is 19.9 Å². The Morgan fingerprint density at radius 1 is 1.26 bits per heavy atom. The lowest BCUT2D eigenvalue weighted by atomic mass is 10.2. The normalized spacial score (nSPS) is 10.9. The fraction of sp³-hybridized carbons (Fsp3) is 0.222. The lowest BCUT2D eigenvalue weighted by molar-refractivity contribution is 0.0941. The van der Waals surface area contributed by atoms with Crippen molar-refractivity contribution in [2.75, 3.05) is 13.2 Å². The van der Waals surface area contributed by atoms with Gasteiger partial charge in [0, 0.05) is 12.7 Å². The average Bonchev–Trinajstić information content (AvgIpc) is 2.69. The van der Waals surface area contributed by atoms with Crippen LogP contribution in [0.15, 0.2) is 52.2 Å². The molecule has 27 heavy (non-hydrogen) atoms. The van der Waals surface area contributed by atoms with Crippen LogP contribution >= 0.6 is 0 Å². The monoisotopic (exact) mass is 369 g/mol. The zero-order valence-corrected chi connectivity index (χ0v) is 14.5. The van der Waals surface area contributed by atoms with Crippen LogP contribution in [-0.4, -0.2) is 33.6 Å². The Balaban J connectivity index is 1.94. The Hall–Kier alpha value is -3.30. The number of amides is 1. The Labute approximate surface area is 153 Å². The summed E-state index contributed by atoms with van der Waals surface area (Å²) in [5, 5.41) is 2.86. The van der Waals surface area contributed by atoms with Gasteiger partial charge in [-0.2, -0.15) is 0 Å². The van der Waals surface area contributed by atoms with Gasteiger partial charge in [-0.1, -0.05) is 30.3 Å². The zero-order valence-electron chi connectivity index (χ0n) is 14.5. The number of hydrogen-bond donors (Lipinski definition) is 3. The van der Waals surface area contributed by atoms with E-state index in [2.05, 4.69) is 20.1 Å². The summed E-state index contributed by atoms with van der Waals surface area (Å²) >= 11 is 0. The first-order chi connectivity index (χ1) is 13.1. The highest BCUT2D eigenvalue weighted by molar-refractivity contribution is 5.96. The molecule has 9 heteroatoms. The largest absolute Gasteiger partial charge is 0.352 e. The van der Waals surface area contributed by atoms with E-state index in [9.17, 15) is 14.4 Å². The predicted octanol–water partition coefficient (Wildman–Crippen LogP) is 0.143. The number of H-pyrrole nitrogens is 1. The second-order valence-corrected chi connectivity index (χ2v) is 5.91. The van der Waals surface area contributed by atoms with E-state index in [4.69, 9.17) is 5.90 Å². The number of hydrogen-bond acceptors (Lipinski definition) is 6. The van der Waals surface area contributed by atoms with E-state index < -0.39 is 11.2 Å². The van der Waals surface area contributed by atoms with Crippen molar-refractivity contribution < 1.29 is 9.63 Å². The fourth-order valence-corrected chi connectivity index (χ4v) is 2.66. The van der Waals surface area contributed by atoms with E-state index >= 15 is 0 Å². The van der Waals surface area contributed by atoms with Gasteiger partial charge in [0.25, 0.3) is 11.5 Å². The van der Waals surface area contributed by atoms with Gasteiger partial charge in [0.15, 0.2) is 0 Å². The molecule has 0 aliphatic carbocycles. The van der Waals surface area contributed by atoms with Gasteiger partial charge in [0.1, 0.15) is 5.65 Å². The van der Waals surface area contributed by atoms with Gasteiger partial charge in [0.05, 0.1) is 24.1 Å². The van der Waals surface area contributed by atoms with Gasteiger partial charge in [-0.15, -0.1) is 0 Å². The molecule has 2 heterocycles. The molecule has 0 unspecified atom stereocenters. The Bertz CT molecular complexity index is 1060. The maximum absolute atomic E-state index is 12.2. The first-order valence-electron chi connectivity index (χ1n) is 8.37. The van der Waals surface area contributed by atoms with E-state index in [-0.39, 0.29) is 29.0 Å². The van der Waals surface area contributed by atoms with Crippen molar-refractivity contribution >= 4 is 16.9 Å². The van der Waals surface area contributed by atoms with Gasteiger partial charge >= 0.3 is 5.69 Å². The van der Waals surface area contributed by atoms with Crippen molar-refractivity contribution in [3.05, 3.63) is 74.6 Å². The zero-order chi connectivity index (χ0) is 19.2. The molecule has 140 valence electrons. The first-order valence-corrected chi connectivity index (χ1v) is 8.37. The minimum atomic E-state index is -0.585. The van der Waals surface area contributed by atoms with Crippen LogP contribution in [0.4, 0.5) is 0 Å². The molecule has 0 saturated carbocycles. The molecule has 0 spiro atoms. The van der Waals surface area contributed by atoms with Crippen LogP contribution < -0.4 is 22.5 Å². The predicted molar refractivity (Wildman–Crippen MR) is 99.3 cm³/mol. The topological polar surface area (TPSA) is 132 Å². The van der Waals surface area contributed by atoms with Crippen molar-refractivity contribution in [1.29, 1.82) is 0 Å². The highest BCUT2D eigenvalue weighted by Crippen LogP contribution is 2.10. The number of carbonyl (C=O) groups is 1. The summed E-state index contributed by atoms with van der Waals surface area (Å²) in [4.78, 5) is 47.6.